The van der Waals surface area contributed by atoms with Crippen LogP contribution in [0.2, 0.25) is 0 Å². The molecule has 1 heterocycles. The number of piperidine rings is 1. The van der Waals surface area contributed by atoms with Crippen LogP contribution in [0.25, 0.3) is 0 Å². The van der Waals surface area contributed by atoms with Gasteiger partial charge in [-0.25, -0.2) is 8.42 Å². The number of methoxy groups -OCH3 is 3. The lowest BCUT2D eigenvalue weighted by Crippen LogP contribution is -2.41. The van der Waals surface area contributed by atoms with E-state index in [1.807, 2.05) is 0 Å². The lowest BCUT2D eigenvalue weighted by Gasteiger charge is -2.30. The molecule has 0 spiro atoms. The molecule has 2 aromatic carbocycles. The van der Waals surface area contributed by atoms with Crippen LogP contribution in [-0.2, 0) is 14.8 Å². The maximum absolute atomic E-state index is 12.9. The number of nitrogens with zero attached hydrogens (tertiary/aromatic N) is 1. The van der Waals surface area contributed by atoms with Gasteiger partial charge >= 0.3 is 0 Å². The average Bonchev–Trinajstić information content (AvgIpc) is 2.79. The summed E-state index contributed by atoms with van der Waals surface area (Å²) in [4.78, 5) is 13.0. The maximum Gasteiger partial charge on any atom is 0.243 e. The number of ether oxygens (including phenoxy) is 3. The van der Waals surface area contributed by atoms with Gasteiger partial charge < -0.3 is 19.5 Å². The third-order valence-electron chi connectivity index (χ3n) is 5.19. The summed E-state index contributed by atoms with van der Waals surface area (Å²) in [6.07, 6.45) is 0.876. The summed E-state index contributed by atoms with van der Waals surface area (Å²) in [7, 11) is 0.999. The predicted octanol–water partition coefficient (Wildman–Crippen LogP) is 2.75. The molecule has 1 N–H and O–H groups in total. The molecule has 1 fully saturated rings. The highest BCUT2D eigenvalue weighted by molar-refractivity contribution is 7.89. The van der Waals surface area contributed by atoms with Gasteiger partial charge in [0.15, 0.2) is 0 Å². The largest absolute Gasteiger partial charge is 0.497 e. The van der Waals surface area contributed by atoms with Crippen molar-refractivity contribution in [1.29, 1.82) is 0 Å². The first-order valence-corrected chi connectivity index (χ1v) is 11.0. The van der Waals surface area contributed by atoms with Crippen molar-refractivity contribution in [3.05, 3.63) is 42.5 Å². The van der Waals surface area contributed by atoms with Crippen molar-refractivity contribution in [3.8, 4) is 17.2 Å². The Bertz CT molecular complexity index is 983. The number of carbonyl (C=O) groups is 1. The summed E-state index contributed by atoms with van der Waals surface area (Å²) in [5.41, 5.74) is 0.523. The molecule has 30 heavy (non-hydrogen) atoms. The Morgan fingerprint density at radius 2 is 1.53 bits per heavy atom. The molecule has 1 amide bonds. The Morgan fingerprint density at radius 3 is 2.10 bits per heavy atom. The van der Waals surface area contributed by atoms with Gasteiger partial charge in [-0.15, -0.1) is 0 Å². The van der Waals surface area contributed by atoms with Gasteiger partial charge in [0.2, 0.25) is 15.9 Å². The predicted molar refractivity (Wildman–Crippen MR) is 113 cm³/mol. The number of benzene rings is 2. The zero-order valence-corrected chi connectivity index (χ0v) is 18.1. The van der Waals surface area contributed by atoms with Crippen LogP contribution in [0.4, 0.5) is 5.69 Å². The van der Waals surface area contributed by atoms with Gasteiger partial charge in [0.1, 0.15) is 17.2 Å². The van der Waals surface area contributed by atoms with E-state index in [9.17, 15) is 13.2 Å². The molecule has 0 radical (unpaired) electrons. The monoisotopic (exact) mass is 434 g/mol. The molecule has 0 atom stereocenters. The van der Waals surface area contributed by atoms with Crippen molar-refractivity contribution < 1.29 is 27.4 Å². The second-order valence-corrected chi connectivity index (χ2v) is 8.85. The van der Waals surface area contributed by atoms with Crippen LogP contribution in [-0.4, -0.2) is 53.0 Å². The molecule has 1 aliphatic rings. The smallest absolute Gasteiger partial charge is 0.243 e. The van der Waals surface area contributed by atoms with Crippen molar-refractivity contribution >= 4 is 21.6 Å². The van der Waals surface area contributed by atoms with E-state index in [2.05, 4.69) is 5.32 Å². The topological polar surface area (TPSA) is 94.2 Å². The SMILES string of the molecule is COc1ccc(S(=O)(=O)N2CCC(C(=O)Nc3cc(OC)ccc3OC)CC2)cc1. The lowest BCUT2D eigenvalue weighted by molar-refractivity contribution is -0.120. The Morgan fingerprint density at radius 1 is 0.933 bits per heavy atom. The zero-order chi connectivity index (χ0) is 21.7. The number of rotatable bonds is 7. The fourth-order valence-electron chi connectivity index (χ4n) is 3.40. The summed E-state index contributed by atoms with van der Waals surface area (Å²) < 4.78 is 42.7. The highest BCUT2D eigenvalue weighted by atomic mass is 32.2. The molecular weight excluding hydrogens is 408 g/mol. The molecule has 0 unspecified atom stereocenters. The molecule has 8 nitrogen and oxygen atoms in total. The fraction of sp³-hybridized carbons (Fsp3) is 0.381. The number of hydrogen-bond donors (Lipinski definition) is 1. The number of carbonyl (C=O) groups excluding carboxylic acids is 1. The Labute approximate surface area is 176 Å². The molecule has 2 aromatic rings. The summed E-state index contributed by atoms with van der Waals surface area (Å²) in [6.45, 7) is 0.559. The summed E-state index contributed by atoms with van der Waals surface area (Å²) in [5.74, 6) is 1.28. The van der Waals surface area contributed by atoms with Crippen LogP contribution in [0.5, 0.6) is 17.2 Å². The van der Waals surface area contributed by atoms with Gasteiger partial charge in [-0.1, -0.05) is 0 Å². The van der Waals surface area contributed by atoms with Crippen molar-refractivity contribution in [3.63, 3.8) is 0 Å². The minimum absolute atomic E-state index is 0.164. The second-order valence-electron chi connectivity index (χ2n) is 6.91. The Kier molecular flexibility index (Phi) is 6.84. The first kappa shape index (κ1) is 21.9. The molecule has 0 saturated carbocycles. The standard InChI is InChI=1S/C21H26N2O6S/c1-27-16-4-7-18(8-5-16)30(25,26)23-12-10-15(11-13-23)21(24)22-19-14-17(28-2)6-9-20(19)29-3/h4-9,14-15H,10-13H2,1-3H3,(H,22,24). The summed E-state index contributed by atoms with van der Waals surface area (Å²) in [5, 5.41) is 2.88. The lowest BCUT2D eigenvalue weighted by atomic mass is 9.97. The van der Waals surface area contributed by atoms with E-state index in [1.54, 1.807) is 37.4 Å². The number of nitrogens with one attached hydrogen (secondary N) is 1. The van der Waals surface area contributed by atoms with Gasteiger partial charge in [0, 0.05) is 25.1 Å². The molecule has 162 valence electrons. The van der Waals surface area contributed by atoms with Gasteiger partial charge in [0.25, 0.3) is 0 Å². The van der Waals surface area contributed by atoms with Crippen LogP contribution in [0, 0.1) is 5.92 Å². The summed E-state index contributed by atoms with van der Waals surface area (Å²) >= 11 is 0. The van der Waals surface area contributed by atoms with Crippen LogP contribution in [0.1, 0.15) is 12.8 Å². The number of sulfonamides is 1. The van der Waals surface area contributed by atoms with Crippen molar-refractivity contribution in [2.24, 2.45) is 5.92 Å². The van der Waals surface area contributed by atoms with E-state index in [0.717, 1.165) is 0 Å². The normalized spacial score (nSPS) is 15.4. The average molecular weight is 435 g/mol. The van der Waals surface area contributed by atoms with E-state index in [0.29, 0.717) is 35.8 Å². The van der Waals surface area contributed by atoms with Gasteiger partial charge in [-0.3, -0.25) is 4.79 Å². The second kappa shape index (κ2) is 9.36. The van der Waals surface area contributed by atoms with E-state index in [-0.39, 0.29) is 29.8 Å². The number of anilines is 1. The highest BCUT2D eigenvalue weighted by Gasteiger charge is 2.32. The molecule has 1 aliphatic heterocycles. The maximum atomic E-state index is 12.9. The van der Waals surface area contributed by atoms with E-state index in [1.165, 1.54) is 30.7 Å². The quantitative estimate of drug-likeness (QED) is 0.720. The van der Waals surface area contributed by atoms with Crippen molar-refractivity contribution in [2.75, 3.05) is 39.7 Å². The zero-order valence-electron chi connectivity index (χ0n) is 17.3. The first-order valence-electron chi connectivity index (χ1n) is 9.56. The first-order chi connectivity index (χ1) is 14.4. The Hall–Kier alpha value is -2.78. The van der Waals surface area contributed by atoms with Crippen molar-refractivity contribution in [1.82, 2.24) is 4.31 Å². The highest BCUT2D eigenvalue weighted by Crippen LogP contribution is 2.31. The third-order valence-corrected chi connectivity index (χ3v) is 7.10. The van der Waals surface area contributed by atoms with Crippen LogP contribution < -0.4 is 19.5 Å². The fourth-order valence-corrected chi connectivity index (χ4v) is 4.87. The third kappa shape index (κ3) is 4.68. The Balaban J connectivity index is 1.64. The minimum atomic E-state index is -3.61. The van der Waals surface area contributed by atoms with Crippen LogP contribution >= 0.6 is 0 Å². The van der Waals surface area contributed by atoms with E-state index in [4.69, 9.17) is 14.2 Å². The van der Waals surface area contributed by atoms with Crippen molar-refractivity contribution in [2.45, 2.75) is 17.7 Å². The molecule has 0 aromatic heterocycles. The van der Waals surface area contributed by atoms with E-state index >= 15 is 0 Å². The molecule has 9 heteroatoms. The minimum Gasteiger partial charge on any atom is -0.497 e. The molecular formula is C21H26N2O6S. The van der Waals surface area contributed by atoms with Gasteiger partial charge in [0.05, 0.1) is 31.9 Å². The van der Waals surface area contributed by atoms with Crippen LogP contribution in [0.15, 0.2) is 47.4 Å². The molecule has 0 bridgehead atoms. The molecule has 1 saturated heterocycles. The molecule has 0 aliphatic carbocycles. The molecule has 3 rings (SSSR count). The van der Waals surface area contributed by atoms with Gasteiger partial charge in [-0.2, -0.15) is 4.31 Å². The number of hydrogen-bond acceptors (Lipinski definition) is 6. The van der Waals surface area contributed by atoms with E-state index < -0.39 is 10.0 Å². The number of amides is 1. The van der Waals surface area contributed by atoms with Crippen LogP contribution in [0.3, 0.4) is 0 Å². The summed E-state index contributed by atoms with van der Waals surface area (Å²) in [6, 6.07) is 11.5. The van der Waals surface area contributed by atoms with Gasteiger partial charge in [-0.05, 0) is 49.2 Å².